The molecule has 0 aliphatic heterocycles. The molecular formula is C126H90N6. The van der Waals surface area contributed by atoms with E-state index in [2.05, 4.69) is 574 Å². The monoisotopic (exact) mass is 1690 g/mol. The van der Waals surface area contributed by atoms with Gasteiger partial charge in [0.2, 0.25) is 0 Å². The second kappa shape index (κ2) is 36.4. The molecule has 0 atom stereocenters. The highest BCUT2D eigenvalue weighted by molar-refractivity contribution is 6.11. The van der Waals surface area contributed by atoms with Crippen LogP contribution in [-0.4, -0.2) is 13.7 Å². The van der Waals surface area contributed by atoms with E-state index in [0.29, 0.717) is 0 Å². The minimum Gasteiger partial charge on any atom is -0.311 e. The molecular weight excluding hydrogens is 1600 g/mol. The van der Waals surface area contributed by atoms with E-state index >= 15 is 0 Å². The third-order valence-electron chi connectivity index (χ3n) is 25.2. The van der Waals surface area contributed by atoms with Crippen molar-refractivity contribution in [3.8, 4) is 83.8 Å². The second-order valence-electron chi connectivity index (χ2n) is 33.1. The van der Waals surface area contributed by atoms with Crippen LogP contribution in [0.15, 0.2) is 546 Å². The van der Waals surface area contributed by atoms with Crippen LogP contribution in [0.1, 0.15) is 0 Å². The number of hydrogen-bond acceptors (Lipinski definition) is 3. The second-order valence-corrected chi connectivity index (χ2v) is 33.1. The van der Waals surface area contributed by atoms with Gasteiger partial charge in [-0.3, -0.25) is 0 Å². The Bertz CT molecular complexity index is 7790. The maximum atomic E-state index is 2.36. The number of anilines is 9. The van der Waals surface area contributed by atoms with E-state index in [1.165, 1.54) is 138 Å². The summed E-state index contributed by atoms with van der Waals surface area (Å²) in [4.78, 5) is 6.93. The standard InChI is InChI=1S/C48H34N2.C42H30N2.C36H26N2/c1-3-11-35(12-4-1)37-19-27-41(28-20-37)49(42-29-21-38(22-30-42)36-13-5-2-6-14-36)43-31-23-39(24-32-43)40-25-33-44(34-26-40)50-47-17-9-7-15-45(47)46-16-8-10-18-48(46)50;1-3-11-31(12-4-1)32-19-25-36(26-20-32)43(35-13-5-2-6-14-35)37-27-21-33(22-28-37)34-23-29-38(30-24-34)44-41-17-9-7-15-39(41)40-16-8-10-18-42(40)44;1-3-11-29(12-4-1)37(30-13-5-2-6-14-30)31-23-19-27(20-24-31)28-21-25-32(26-22-28)38-35-17-9-7-15-33(35)34-16-8-10-18-36(34)38/h1-34H;1-30H;1-26H. The van der Waals surface area contributed by atoms with Crippen molar-refractivity contribution in [3.63, 3.8) is 0 Å². The van der Waals surface area contributed by atoms with Crippen LogP contribution in [0.4, 0.5) is 51.2 Å². The topological polar surface area (TPSA) is 24.5 Å². The van der Waals surface area contributed by atoms with E-state index in [1.54, 1.807) is 0 Å². The fraction of sp³-hybridized carbons (Fsp3) is 0. The van der Waals surface area contributed by atoms with Crippen LogP contribution in [0.2, 0.25) is 0 Å². The van der Waals surface area contributed by atoms with E-state index in [9.17, 15) is 0 Å². The van der Waals surface area contributed by atoms with Crippen molar-refractivity contribution in [3.05, 3.63) is 546 Å². The summed E-state index contributed by atoms with van der Waals surface area (Å²) in [7, 11) is 0. The van der Waals surface area contributed by atoms with Gasteiger partial charge in [-0.05, 0) is 249 Å². The average molecular weight is 1690 g/mol. The summed E-state index contributed by atoms with van der Waals surface area (Å²) in [5, 5.41) is 7.67. The molecule has 0 fully saturated rings. The van der Waals surface area contributed by atoms with Crippen molar-refractivity contribution in [1.29, 1.82) is 0 Å². The zero-order valence-electron chi connectivity index (χ0n) is 72.6. The number of hydrogen-bond donors (Lipinski definition) is 0. The molecule has 0 saturated carbocycles. The van der Waals surface area contributed by atoms with Crippen molar-refractivity contribution in [2.75, 3.05) is 14.7 Å². The Hall–Kier alpha value is -17.6. The molecule has 24 aromatic rings. The first-order valence-corrected chi connectivity index (χ1v) is 45.1. The molecule has 0 amide bonds. The Morgan fingerprint density at radius 3 is 0.386 bits per heavy atom. The van der Waals surface area contributed by atoms with Gasteiger partial charge in [-0.15, -0.1) is 0 Å². The molecule has 24 rings (SSSR count). The Kier molecular flexibility index (Phi) is 22.1. The number of aromatic nitrogens is 3. The summed E-state index contributed by atoms with van der Waals surface area (Å²) < 4.78 is 7.08. The lowest BCUT2D eigenvalue weighted by Crippen LogP contribution is -2.09. The van der Waals surface area contributed by atoms with Crippen molar-refractivity contribution in [2.24, 2.45) is 0 Å². The Morgan fingerprint density at radius 2 is 0.220 bits per heavy atom. The smallest absolute Gasteiger partial charge is 0.0541 e. The SMILES string of the molecule is c1ccc(-c2ccc(N(c3ccc(-c4ccccc4)cc3)c3ccc(-c4ccc(-n5c6ccccc6c6ccccc65)cc4)cc3)cc2)cc1.c1ccc(-c2ccc(N(c3ccccc3)c3ccc(-c4ccc(-n5c6ccccc6c6ccccc65)cc4)cc3)cc2)cc1.c1ccc(N(c2ccccc2)c2ccc(-c3ccc(-n4c5ccccc5c5ccccc54)cc3)cc2)cc1. The zero-order chi connectivity index (χ0) is 87.9. The maximum absolute atomic E-state index is 2.36. The van der Waals surface area contributed by atoms with E-state index in [1.807, 2.05) is 0 Å². The van der Waals surface area contributed by atoms with Gasteiger partial charge in [-0.1, -0.05) is 364 Å². The van der Waals surface area contributed by atoms with Gasteiger partial charge in [-0.2, -0.15) is 0 Å². The minimum absolute atomic E-state index is 1.11. The van der Waals surface area contributed by atoms with Gasteiger partial charge in [-0.25, -0.2) is 0 Å². The zero-order valence-corrected chi connectivity index (χ0v) is 72.6. The van der Waals surface area contributed by atoms with Gasteiger partial charge >= 0.3 is 0 Å². The highest BCUT2D eigenvalue weighted by Gasteiger charge is 2.21. The maximum Gasteiger partial charge on any atom is 0.0541 e. The van der Waals surface area contributed by atoms with E-state index in [4.69, 9.17) is 0 Å². The largest absolute Gasteiger partial charge is 0.311 e. The molecule has 0 aliphatic rings. The van der Waals surface area contributed by atoms with Gasteiger partial charge in [0, 0.05) is 101 Å². The van der Waals surface area contributed by atoms with Crippen LogP contribution in [0.5, 0.6) is 0 Å². The fourth-order valence-electron chi connectivity index (χ4n) is 18.8. The molecule has 0 radical (unpaired) electrons. The number of nitrogens with zero attached hydrogens (tertiary/aromatic N) is 6. The molecule has 0 unspecified atom stereocenters. The van der Waals surface area contributed by atoms with Crippen LogP contribution in [0, 0.1) is 0 Å². The summed E-state index contributed by atoms with van der Waals surface area (Å²) in [5.41, 5.74) is 35.4. The van der Waals surface area contributed by atoms with Crippen molar-refractivity contribution in [2.45, 2.75) is 0 Å². The van der Waals surface area contributed by atoms with Crippen LogP contribution < -0.4 is 14.7 Å². The molecule has 0 bridgehead atoms. The van der Waals surface area contributed by atoms with Gasteiger partial charge in [0.25, 0.3) is 0 Å². The summed E-state index contributed by atoms with van der Waals surface area (Å²) in [6.45, 7) is 0. The third-order valence-corrected chi connectivity index (χ3v) is 25.2. The fourth-order valence-corrected chi connectivity index (χ4v) is 18.8. The highest BCUT2D eigenvalue weighted by atomic mass is 15.2. The molecule has 132 heavy (non-hydrogen) atoms. The summed E-state index contributed by atoms with van der Waals surface area (Å²) >= 11 is 0. The number of benzene rings is 21. The molecule has 624 valence electrons. The number of para-hydroxylation sites is 9. The van der Waals surface area contributed by atoms with Crippen molar-refractivity contribution < 1.29 is 0 Å². The number of fused-ring (bicyclic) bond motifs is 9. The predicted octanol–water partition coefficient (Wildman–Crippen LogP) is 34.8. The van der Waals surface area contributed by atoms with Crippen LogP contribution in [0.25, 0.3) is 149 Å². The van der Waals surface area contributed by atoms with Crippen LogP contribution in [-0.2, 0) is 0 Å². The Balaban J connectivity index is 0.000000117. The van der Waals surface area contributed by atoms with Gasteiger partial charge in [0.1, 0.15) is 0 Å². The summed E-state index contributed by atoms with van der Waals surface area (Å²) in [6.07, 6.45) is 0. The van der Waals surface area contributed by atoms with E-state index in [-0.39, 0.29) is 0 Å². The third kappa shape index (κ3) is 16.1. The van der Waals surface area contributed by atoms with Gasteiger partial charge in [0.15, 0.2) is 0 Å². The van der Waals surface area contributed by atoms with Gasteiger partial charge in [0.05, 0.1) is 33.1 Å². The van der Waals surface area contributed by atoms with Crippen molar-refractivity contribution >= 4 is 117 Å². The molecule has 6 heteroatoms. The van der Waals surface area contributed by atoms with Crippen LogP contribution in [0.3, 0.4) is 0 Å². The molecule has 0 spiro atoms. The quantitative estimate of drug-likeness (QED) is 0.0856. The number of rotatable bonds is 18. The van der Waals surface area contributed by atoms with Gasteiger partial charge < -0.3 is 28.4 Å². The molecule has 0 saturated heterocycles. The first-order valence-electron chi connectivity index (χ1n) is 45.1. The normalized spacial score (nSPS) is 11.2. The molecule has 21 aromatic carbocycles. The van der Waals surface area contributed by atoms with E-state index in [0.717, 1.165) is 62.6 Å². The summed E-state index contributed by atoms with van der Waals surface area (Å²) in [6, 6.07) is 195. The molecule has 3 aromatic heterocycles. The predicted molar refractivity (Wildman–Crippen MR) is 559 cm³/mol. The lowest BCUT2D eigenvalue weighted by Gasteiger charge is -2.26. The lowest BCUT2D eigenvalue weighted by molar-refractivity contribution is 1.18. The Labute approximate surface area is 769 Å². The first-order chi connectivity index (χ1) is 65.5. The molecule has 3 heterocycles. The van der Waals surface area contributed by atoms with Crippen molar-refractivity contribution in [1.82, 2.24) is 13.7 Å². The lowest BCUT2D eigenvalue weighted by atomic mass is 10.0. The molecule has 0 N–H and O–H groups in total. The average Bonchev–Trinajstić information content (AvgIpc) is 1.61. The molecule has 6 nitrogen and oxygen atoms in total. The first kappa shape index (κ1) is 80.3. The van der Waals surface area contributed by atoms with E-state index < -0.39 is 0 Å². The highest BCUT2D eigenvalue weighted by Crippen LogP contribution is 2.44. The van der Waals surface area contributed by atoms with Crippen LogP contribution >= 0.6 is 0 Å². The molecule has 0 aliphatic carbocycles. The Morgan fingerprint density at radius 1 is 0.0985 bits per heavy atom. The minimum atomic E-state index is 1.11. The summed E-state index contributed by atoms with van der Waals surface area (Å²) in [5.74, 6) is 0.